The van der Waals surface area contributed by atoms with Crippen LogP contribution in [-0.2, 0) is 29.0 Å². The minimum absolute atomic E-state index is 0.222. The standard InChI is InChI=1S/C26H29BN2O4/c1-19-15-23(27)12-11-22(19)13-14-32-25(30)28-24-10-6-9-21(16-24)17-29(2)26(31)33-18-20-7-4-3-5-8-20/h3-12,15-16H,13-14,17-18,27H2,1-2H3,(H,28,30). The van der Waals surface area contributed by atoms with Crippen molar-refractivity contribution in [3.05, 3.63) is 95.1 Å². The van der Waals surface area contributed by atoms with Gasteiger partial charge in [-0.2, -0.15) is 0 Å². The Morgan fingerprint density at radius 2 is 1.70 bits per heavy atom. The minimum atomic E-state index is -0.507. The number of carbonyl (C=O) groups is 2. The number of benzene rings is 3. The zero-order chi connectivity index (χ0) is 23.6. The number of amides is 2. The summed E-state index contributed by atoms with van der Waals surface area (Å²) in [6, 6.07) is 23.1. The average Bonchev–Trinajstić information content (AvgIpc) is 2.80. The van der Waals surface area contributed by atoms with Gasteiger partial charge in [-0.25, -0.2) is 9.59 Å². The summed E-state index contributed by atoms with van der Waals surface area (Å²) in [6.07, 6.45) is -0.259. The van der Waals surface area contributed by atoms with Crippen LogP contribution in [0.1, 0.15) is 22.3 Å². The van der Waals surface area contributed by atoms with Gasteiger partial charge >= 0.3 is 12.2 Å². The summed E-state index contributed by atoms with van der Waals surface area (Å²) in [5.41, 5.74) is 5.97. The van der Waals surface area contributed by atoms with E-state index in [0.717, 1.165) is 16.7 Å². The molecule has 2 amide bonds. The van der Waals surface area contributed by atoms with Crippen LogP contribution in [-0.4, -0.2) is 38.6 Å². The molecule has 170 valence electrons. The molecule has 0 fully saturated rings. The molecule has 0 radical (unpaired) electrons. The fourth-order valence-corrected chi connectivity index (χ4v) is 3.45. The number of aryl methyl sites for hydroxylation is 1. The van der Waals surface area contributed by atoms with Crippen LogP contribution >= 0.6 is 0 Å². The van der Waals surface area contributed by atoms with Crippen LogP contribution in [0.5, 0.6) is 0 Å². The van der Waals surface area contributed by atoms with E-state index in [1.165, 1.54) is 15.9 Å². The monoisotopic (exact) mass is 444 g/mol. The lowest BCUT2D eigenvalue weighted by atomic mass is 9.92. The first kappa shape index (κ1) is 23.9. The quantitative estimate of drug-likeness (QED) is 0.537. The Bertz CT molecular complexity index is 1090. The van der Waals surface area contributed by atoms with Gasteiger partial charge < -0.3 is 14.4 Å². The Kier molecular flexibility index (Phi) is 8.53. The van der Waals surface area contributed by atoms with Gasteiger partial charge in [-0.3, -0.25) is 5.32 Å². The first-order chi connectivity index (χ1) is 15.9. The van der Waals surface area contributed by atoms with Crippen molar-refractivity contribution in [2.75, 3.05) is 19.0 Å². The van der Waals surface area contributed by atoms with Gasteiger partial charge in [0, 0.05) is 25.7 Å². The van der Waals surface area contributed by atoms with Gasteiger partial charge in [0.15, 0.2) is 0 Å². The van der Waals surface area contributed by atoms with E-state index in [-0.39, 0.29) is 6.61 Å². The zero-order valence-corrected chi connectivity index (χ0v) is 19.3. The molecule has 0 unspecified atom stereocenters. The van der Waals surface area contributed by atoms with Gasteiger partial charge in [0.2, 0.25) is 0 Å². The van der Waals surface area contributed by atoms with E-state index in [1.54, 1.807) is 13.1 Å². The van der Waals surface area contributed by atoms with Crippen LogP contribution in [0, 0.1) is 6.92 Å². The van der Waals surface area contributed by atoms with Gasteiger partial charge in [0.1, 0.15) is 14.5 Å². The third kappa shape index (κ3) is 7.72. The summed E-state index contributed by atoms with van der Waals surface area (Å²) >= 11 is 0. The van der Waals surface area contributed by atoms with Crippen molar-refractivity contribution < 1.29 is 19.1 Å². The molecule has 7 heteroatoms. The molecule has 0 aromatic heterocycles. The van der Waals surface area contributed by atoms with Crippen molar-refractivity contribution in [1.29, 1.82) is 0 Å². The largest absolute Gasteiger partial charge is 0.449 e. The molecule has 6 nitrogen and oxygen atoms in total. The molecule has 0 aliphatic rings. The minimum Gasteiger partial charge on any atom is -0.449 e. The first-order valence-corrected chi connectivity index (χ1v) is 10.9. The summed E-state index contributed by atoms with van der Waals surface area (Å²) in [4.78, 5) is 26.0. The molecule has 0 saturated heterocycles. The summed E-state index contributed by atoms with van der Waals surface area (Å²) in [6.45, 7) is 2.93. The third-order valence-corrected chi connectivity index (χ3v) is 5.21. The highest BCUT2D eigenvalue weighted by Crippen LogP contribution is 2.14. The maximum atomic E-state index is 12.3. The molecule has 0 saturated carbocycles. The highest BCUT2D eigenvalue weighted by molar-refractivity contribution is 6.32. The number of nitrogens with one attached hydrogen (secondary N) is 1. The second-order valence-electron chi connectivity index (χ2n) is 8.04. The van der Waals surface area contributed by atoms with E-state index in [2.05, 4.69) is 38.3 Å². The Balaban J connectivity index is 1.45. The smallest absolute Gasteiger partial charge is 0.411 e. The molecule has 0 aliphatic heterocycles. The highest BCUT2D eigenvalue weighted by Gasteiger charge is 2.12. The molecule has 0 aliphatic carbocycles. The van der Waals surface area contributed by atoms with E-state index < -0.39 is 12.2 Å². The van der Waals surface area contributed by atoms with E-state index >= 15 is 0 Å². The number of hydrogen-bond acceptors (Lipinski definition) is 4. The number of ether oxygens (including phenoxy) is 2. The van der Waals surface area contributed by atoms with Crippen molar-refractivity contribution in [2.24, 2.45) is 0 Å². The lowest BCUT2D eigenvalue weighted by Gasteiger charge is -2.17. The molecule has 3 aromatic rings. The lowest BCUT2D eigenvalue weighted by molar-refractivity contribution is 0.103. The van der Waals surface area contributed by atoms with Crippen molar-refractivity contribution in [3.8, 4) is 0 Å². The lowest BCUT2D eigenvalue weighted by Crippen LogP contribution is -2.27. The second kappa shape index (κ2) is 11.8. The molecule has 0 atom stereocenters. The van der Waals surface area contributed by atoms with E-state index in [0.29, 0.717) is 25.3 Å². The molecule has 33 heavy (non-hydrogen) atoms. The van der Waals surface area contributed by atoms with Gasteiger partial charge in [0.25, 0.3) is 0 Å². The number of anilines is 1. The summed E-state index contributed by atoms with van der Waals surface area (Å²) < 4.78 is 10.7. The maximum Gasteiger partial charge on any atom is 0.411 e. The molecule has 0 heterocycles. The average molecular weight is 444 g/mol. The van der Waals surface area contributed by atoms with Crippen LogP contribution in [0.3, 0.4) is 0 Å². The van der Waals surface area contributed by atoms with Crippen molar-refractivity contribution in [3.63, 3.8) is 0 Å². The summed E-state index contributed by atoms with van der Waals surface area (Å²) in [5, 5.41) is 2.75. The van der Waals surface area contributed by atoms with Gasteiger partial charge in [-0.05, 0) is 41.3 Å². The fourth-order valence-electron chi connectivity index (χ4n) is 3.45. The molecule has 0 spiro atoms. The van der Waals surface area contributed by atoms with Crippen LogP contribution in [0.15, 0.2) is 72.8 Å². The second-order valence-corrected chi connectivity index (χ2v) is 8.04. The fraction of sp³-hybridized carbons (Fsp3) is 0.231. The molecular weight excluding hydrogens is 415 g/mol. The SMILES string of the molecule is Bc1ccc(CCOC(=O)Nc2cccc(CN(C)C(=O)OCc3ccccc3)c2)c(C)c1. The Hall–Kier alpha value is -3.74. The van der Waals surface area contributed by atoms with Crippen LogP contribution in [0.25, 0.3) is 0 Å². The van der Waals surface area contributed by atoms with E-state index in [4.69, 9.17) is 9.47 Å². The normalized spacial score (nSPS) is 10.4. The van der Waals surface area contributed by atoms with Gasteiger partial charge in [-0.15, -0.1) is 0 Å². The number of carbonyl (C=O) groups excluding carboxylic acids is 2. The van der Waals surface area contributed by atoms with Crippen molar-refractivity contribution in [1.82, 2.24) is 4.90 Å². The highest BCUT2D eigenvalue weighted by atomic mass is 16.6. The van der Waals surface area contributed by atoms with E-state index in [9.17, 15) is 9.59 Å². The maximum absolute atomic E-state index is 12.3. The molecule has 3 rings (SSSR count). The number of nitrogens with zero attached hydrogens (tertiary/aromatic N) is 1. The zero-order valence-electron chi connectivity index (χ0n) is 19.3. The number of hydrogen-bond donors (Lipinski definition) is 1. The Morgan fingerprint density at radius 3 is 2.45 bits per heavy atom. The number of rotatable bonds is 8. The predicted octanol–water partition coefficient (Wildman–Crippen LogP) is 3.81. The third-order valence-electron chi connectivity index (χ3n) is 5.21. The van der Waals surface area contributed by atoms with E-state index in [1.807, 2.05) is 48.5 Å². The van der Waals surface area contributed by atoms with Gasteiger partial charge in [-0.1, -0.05) is 66.1 Å². The molecule has 3 aromatic carbocycles. The predicted molar refractivity (Wildman–Crippen MR) is 133 cm³/mol. The van der Waals surface area contributed by atoms with Crippen LogP contribution in [0.4, 0.5) is 15.3 Å². The molecule has 0 bridgehead atoms. The van der Waals surface area contributed by atoms with Crippen LogP contribution in [0.2, 0.25) is 0 Å². The summed E-state index contributed by atoms with van der Waals surface area (Å²) in [5.74, 6) is 0. The first-order valence-electron chi connectivity index (χ1n) is 10.9. The van der Waals surface area contributed by atoms with Gasteiger partial charge in [0.05, 0.1) is 6.61 Å². The van der Waals surface area contributed by atoms with Crippen LogP contribution < -0.4 is 10.8 Å². The molecule has 1 N–H and O–H groups in total. The van der Waals surface area contributed by atoms with Crippen molar-refractivity contribution >= 4 is 31.2 Å². The van der Waals surface area contributed by atoms with Crippen molar-refractivity contribution in [2.45, 2.75) is 26.5 Å². The summed E-state index contributed by atoms with van der Waals surface area (Å²) in [7, 11) is 3.73. The topological polar surface area (TPSA) is 67.9 Å². The molecular formula is C26H29BN2O4. The Morgan fingerprint density at radius 1 is 0.939 bits per heavy atom. The Labute approximate surface area is 195 Å².